The summed E-state index contributed by atoms with van der Waals surface area (Å²) in [4.78, 5) is 32.3. The third kappa shape index (κ3) is 5.22. The van der Waals surface area contributed by atoms with Crippen LogP contribution in [0.25, 0.3) is 0 Å². The molecular weight excluding hydrogens is 485 g/mol. The second kappa shape index (κ2) is 9.95. The number of amides is 2. The van der Waals surface area contributed by atoms with Gasteiger partial charge in [-0.15, -0.1) is 10.2 Å². The van der Waals surface area contributed by atoms with Gasteiger partial charge < -0.3 is 4.74 Å². The Morgan fingerprint density at radius 2 is 1.72 bits per heavy atom. The summed E-state index contributed by atoms with van der Waals surface area (Å²) in [5.41, 5.74) is -1.79. The van der Waals surface area contributed by atoms with E-state index in [1.165, 1.54) is 31.0 Å². The number of nitrogens with zero attached hydrogens (tertiary/aromatic N) is 10. The van der Waals surface area contributed by atoms with Crippen LogP contribution in [0.1, 0.15) is 37.9 Å². The van der Waals surface area contributed by atoms with Crippen molar-refractivity contribution in [2.45, 2.75) is 19.4 Å². The zero-order valence-corrected chi connectivity index (χ0v) is 18.8. The zero-order valence-electron chi connectivity index (χ0n) is 18.8. The number of alkyl halides is 3. The first-order chi connectivity index (χ1) is 17.1. The van der Waals surface area contributed by atoms with E-state index in [2.05, 4.69) is 35.9 Å². The number of hydrogen-bond donors (Lipinski definition) is 0. The fourth-order valence-corrected chi connectivity index (χ4v) is 3.10. The van der Waals surface area contributed by atoms with E-state index in [4.69, 9.17) is 4.74 Å². The highest BCUT2D eigenvalue weighted by molar-refractivity contribution is 6.25. The van der Waals surface area contributed by atoms with Gasteiger partial charge in [-0.25, -0.2) is 14.6 Å². The Morgan fingerprint density at radius 3 is 2.33 bits per heavy atom. The second-order valence-corrected chi connectivity index (χ2v) is 7.29. The Hall–Kier alpha value is -4.60. The molecular formula is C20H17F3N10O3. The highest BCUT2D eigenvalue weighted by Crippen LogP contribution is 2.29. The van der Waals surface area contributed by atoms with Crippen molar-refractivity contribution in [2.75, 3.05) is 4.90 Å². The number of aromatic nitrogens is 9. The third-order valence-electron chi connectivity index (χ3n) is 4.74. The van der Waals surface area contributed by atoms with Crippen molar-refractivity contribution in [1.29, 1.82) is 0 Å². The summed E-state index contributed by atoms with van der Waals surface area (Å²) in [7, 11) is 2.93. The monoisotopic (exact) mass is 502 g/mol. The van der Waals surface area contributed by atoms with Gasteiger partial charge in [0.1, 0.15) is 12.3 Å². The molecule has 0 atom stereocenters. The summed E-state index contributed by atoms with van der Waals surface area (Å²) in [6, 6.07) is 9.35. The molecule has 36 heavy (non-hydrogen) atoms. The van der Waals surface area contributed by atoms with Crippen LogP contribution < -0.4 is 4.90 Å². The Morgan fingerprint density at radius 1 is 0.972 bits per heavy atom. The van der Waals surface area contributed by atoms with Crippen LogP contribution >= 0.6 is 0 Å². The summed E-state index contributed by atoms with van der Waals surface area (Å²) in [5.74, 6) is -1.87. The molecule has 3 aromatic heterocycles. The number of rotatable bonds is 7. The van der Waals surface area contributed by atoms with Crippen LogP contribution in [0.4, 0.5) is 19.1 Å². The molecule has 0 spiro atoms. The molecule has 0 fully saturated rings. The van der Waals surface area contributed by atoms with Crippen LogP contribution in [-0.2, 0) is 38.2 Å². The lowest BCUT2D eigenvalue weighted by atomic mass is 10.1. The predicted octanol–water partition coefficient (Wildman–Crippen LogP) is 1.35. The minimum Gasteiger partial charge on any atom is -0.367 e. The average Bonchev–Trinajstić information content (AvgIpc) is 3.46. The largest absolute Gasteiger partial charge is 0.433 e. The molecule has 186 valence electrons. The highest BCUT2D eigenvalue weighted by Gasteiger charge is 2.36. The normalized spacial score (nSPS) is 11.5. The standard InChI is InChI=1S/C20H17F3N10O3/c1-31-19(26-28-30-31)33(17(34)12-6-4-3-5-7-12)18(35)13-8-9-15(20(21,22)23)24-14(13)10-36-11-16-25-29-32(2)27-16/h3-9H,10-11H2,1-2H3. The molecule has 1 aromatic carbocycles. The van der Waals surface area contributed by atoms with E-state index in [0.29, 0.717) is 11.0 Å². The molecule has 0 aliphatic carbocycles. The Bertz CT molecular complexity index is 1390. The number of hydrogen-bond acceptors (Lipinski definition) is 10. The number of tetrazole rings is 2. The molecule has 4 aromatic rings. The number of carbonyl (C=O) groups excluding carboxylic acids is 2. The second-order valence-electron chi connectivity index (χ2n) is 7.29. The Balaban J connectivity index is 1.72. The first kappa shape index (κ1) is 24.5. The van der Waals surface area contributed by atoms with Crippen LogP contribution in [0.15, 0.2) is 42.5 Å². The lowest BCUT2D eigenvalue weighted by Gasteiger charge is -2.20. The molecule has 0 saturated carbocycles. The van der Waals surface area contributed by atoms with Crippen molar-refractivity contribution in [3.63, 3.8) is 0 Å². The molecule has 0 radical (unpaired) electrons. The van der Waals surface area contributed by atoms with Gasteiger partial charge in [0.15, 0.2) is 5.82 Å². The van der Waals surface area contributed by atoms with Gasteiger partial charge in [-0.3, -0.25) is 9.59 Å². The topological polar surface area (TPSA) is 147 Å². The summed E-state index contributed by atoms with van der Waals surface area (Å²) in [5, 5.41) is 22.1. The summed E-state index contributed by atoms with van der Waals surface area (Å²) in [6.45, 7) is -0.729. The molecule has 13 nitrogen and oxygen atoms in total. The van der Waals surface area contributed by atoms with Gasteiger partial charge in [-0.05, 0) is 39.9 Å². The van der Waals surface area contributed by atoms with Gasteiger partial charge in [0, 0.05) is 12.6 Å². The van der Waals surface area contributed by atoms with E-state index in [-0.39, 0.29) is 35.2 Å². The Labute approximate surface area is 200 Å². The zero-order chi connectivity index (χ0) is 25.9. The predicted molar refractivity (Wildman–Crippen MR) is 113 cm³/mol. The molecule has 16 heteroatoms. The van der Waals surface area contributed by atoms with E-state index in [1.54, 1.807) is 18.2 Å². The maximum Gasteiger partial charge on any atom is 0.433 e. The van der Waals surface area contributed by atoms with Crippen molar-refractivity contribution >= 4 is 17.8 Å². The number of anilines is 1. The van der Waals surface area contributed by atoms with E-state index in [1.807, 2.05) is 0 Å². The first-order valence-corrected chi connectivity index (χ1v) is 10.2. The first-order valence-electron chi connectivity index (χ1n) is 10.2. The maximum absolute atomic E-state index is 13.6. The van der Waals surface area contributed by atoms with Crippen LogP contribution in [-0.4, -0.2) is 57.2 Å². The molecule has 0 aliphatic rings. The highest BCUT2D eigenvalue weighted by atomic mass is 19.4. The SMILES string of the molecule is Cn1nnc(COCc2nc(C(F)(F)F)ccc2C(=O)N(C(=O)c2ccccc2)c2nnnn2C)n1. The molecule has 0 saturated heterocycles. The van der Waals surface area contributed by atoms with Gasteiger partial charge in [-0.1, -0.05) is 23.3 Å². The molecule has 0 bridgehead atoms. The lowest BCUT2D eigenvalue weighted by molar-refractivity contribution is -0.141. The van der Waals surface area contributed by atoms with Crippen molar-refractivity contribution in [3.8, 4) is 0 Å². The van der Waals surface area contributed by atoms with E-state index >= 15 is 0 Å². The molecule has 0 aliphatic heterocycles. The van der Waals surface area contributed by atoms with Crippen LogP contribution in [0.5, 0.6) is 0 Å². The van der Waals surface area contributed by atoms with Crippen LogP contribution in [0, 0.1) is 0 Å². The molecule has 2 amide bonds. The van der Waals surface area contributed by atoms with Crippen molar-refractivity contribution in [3.05, 3.63) is 70.8 Å². The van der Waals surface area contributed by atoms with Gasteiger partial charge in [0.05, 0.1) is 24.9 Å². The van der Waals surface area contributed by atoms with Gasteiger partial charge in [0.2, 0.25) is 0 Å². The van der Waals surface area contributed by atoms with Crippen LogP contribution in [0.3, 0.4) is 0 Å². The molecule has 0 unspecified atom stereocenters. The number of halogens is 3. The minimum atomic E-state index is -4.78. The minimum absolute atomic E-state index is 0.125. The molecule has 0 N–H and O–H groups in total. The maximum atomic E-state index is 13.6. The number of carbonyl (C=O) groups is 2. The number of benzene rings is 1. The number of ether oxygens (including phenoxy) is 1. The fraction of sp³-hybridized carbons (Fsp3) is 0.250. The van der Waals surface area contributed by atoms with Crippen LogP contribution in [0.2, 0.25) is 0 Å². The Kier molecular flexibility index (Phi) is 6.77. The number of aryl methyl sites for hydroxylation is 2. The summed E-state index contributed by atoms with van der Waals surface area (Å²) >= 11 is 0. The summed E-state index contributed by atoms with van der Waals surface area (Å²) < 4.78 is 46.6. The van der Waals surface area contributed by atoms with Crippen molar-refractivity contribution < 1.29 is 27.5 Å². The average molecular weight is 502 g/mol. The van der Waals surface area contributed by atoms with E-state index in [0.717, 1.165) is 10.7 Å². The van der Waals surface area contributed by atoms with E-state index in [9.17, 15) is 22.8 Å². The van der Waals surface area contributed by atoms with Gasteiger partial charge in [0.25, 0.3) is 17.8 Å². The smallest absolute Gasteiger partial charge is 0.367 e. The molecule has 4 rings (SSSR count). The molecule has 3 heterocycles. The number of pyridine rings is 1. The lowest BCUT2D eigenvalue weighted by Crippen LogP contribution is -2.39. The fourth-order valence-electron chi connectivity index (χ4n) is 3.10. The van der Waals surface area contributed by atoms with Gasteiger partial charge >= 0.3 is 6.18 Å². The summed E-state index contributed by atoms with van der Waals surface area (Å²) in [6.07, 6.45) is -4.78. The van der Waals surface area contributed by atoms with E-state index < -0.39 is 30.3 Å². The van der Waals surface area contributed by atoms with Crippen molar-refractivity contribution in [1.82, 2.24) is 45.4 Å². The number of imide groups is 1. The third-order valence-corrected chi connectivity index (χ3v) is 4.74. The van der Waals surface area contributed by atoms with Crippen molar-refractivity contribution in [2.24, 2.45) is 14.1 Å². The quantitative estimate of drug-likeness (QED) is 0.339. The van der Waals surface area contributed by atoms with Gasteiger partial charge in [-0.2, -0.15) is 18.0 Å².